The average molecular weight is 157 g/mol. The molecule has 0 aliphatic carbocycles. The maximum absolute atomic E-state index is 5.51. The van der Waals surface area contributed by atoms with Crippen LogP contribution >= 0.6 is 11.6 Å². The quantitative estimate of drug-likeness (QED) is 0.318. The van der Waals surface area contributed by atoms with E-state index < -0.39 is 0 Å². The Morgan fingerprint density at radius 1 is 1.60 bits per heavy atom. The number of nitrogens with two attached hydrogens (primary N) is 2. The molecule has 4 N–H and O–H groups in total. The summed E-state index contributed by atoms with van der Waals surface area (Å²) >= 11 is 5.51. The van der Waals surface area contributed by atoms with Crippen LogP contribution in [0.1, 0.15) is 5.56 Å². The molecule has 0 aliphatic rings. The fraction of sp³-hybridized carbons (Fsp3) is 0. The third-order valence-electron chi connectivity index (χ3n) is 1.06. The number of hydrogen-bond acceptors (Lipinski definition) is 1. The first-order valence-corrected chi connectivity index (χ1v) is 3.08. The highest BCUT2D eigenvalue weighted by atomic mass is 35.5. The third kappa shape index (κ3) is 1.45. The van der Waals surface area contributed by atoms with Gasteiger partial charge in [-0.1, -0.05) is 11.6 Å². The fourth-order valence-electron chi connectivity index (χ4n) is 0.547. The van der Waals surface area contributed by atoms with Crippen molar-refractivity contribution in [2.75, 3.05) is 0 Å². The monoisotopic (exact) mass is 156 g/mol. The lowest BCUT2D eigenvalue weighted by molar-refractivity contribution is -0.114. The Bertz CT molecular complexity index is 242. The van der Waals surface area contributed by atoms with Crippen molar-refractivity contribution in [1.29, 1.82) is 0 Å². The molecule has 3 nitrogen and oxygen atoms in total. The Morgan fingerprint density at radius 3 is 2.70 bits per heavy atom. The topological polar surface area (TPSA) is 64.5 Å². The molecule has 0 saturated carbocycles. The van der Waals surface area contributed by atoms with Crippen molar-refractivity contribution < 1.29 is 5.41 Å². The number of amidine groups is 1. The number of halogens is 1. The van der Waals surface area contributed by atoms with Gasteiger partial charge in [0.1, 0.15) is 5.15 Å². The van der Waals surface area contributed by atoms with Crippen LogP contribution in [-0.2, 0) is 0 Å². The molecule has 0 spiro atoms. The SMILES string of the molecule is NC(=[NH2+])c1ccc(Cl)nc1. The van der Waals surface area contributed by atoms with Gasteiger partial charge in [0.15, 0.2) is 0 Å². The van der Waals surface area contributed by atoms with E-state index >= 15 is 0 Å². The van der Waals surface area contributed by atoms with Crippen molar-refractivity contribution in [1.82, 2.24) is 4.98 Å². The lowest BCUT2D eigenvalue weighted by atomic mass is 10.3. The van der Waals surface area contributed by atoms with E-state index in [1.807, 2.05) is 0 Å². The van der Waals surface area contributed by atoms with Crippen molar-refractivity contribution in [3.63, 3.8) is 0 Å². The average Bonchev–Trinajstić information content (AvgIpc) is 1.88. The summed E-state index contributed by atoms with van der Waals surface area (Å²) in [4.78, 5) is 3.78. The molecule has 1 rings (SSSR count). The molecule has 0 radical (unpaired) electrons. The highest BCUT2D eigenvalue weighted by Gasteiger charge is 1.99. The largest absolute Gasteiger partial charge is 0.287 e. The van der Waals surface area contributed by atoms with Gasteiger partial charge in [-0.25, -0.2) is 4.98 Å². The first-order chi connectivity index (χ1) is 4.70. The molecule has 0 atom stereocenters. The van der Waals surface area contributed by atoms with Gasteiger partial charge in [-0.3, -0.25) is 11.1 Å². The second-order valence-electron chi connectivity index (χ2n) is 1.82. The maximum atomic E-state index is 5.51. The Morgan fingerprint density at radius 2 is 2.30 bits per heavy atom. The predicted octanol–water partition coefficient (Wildman–Crippen LogP) is -0.801. The highest BCUT2D eigenvalue weighted by Crippen LogP contribution is 2.03. The van der Waals surface area contributed by atoms with Gasteiger partial charge in [-0.2, -0.15) is 0 Å². The molecule has 1 heterocycles. The lowest BCUT2D eigenvalue weighted by Gasteiger charge is -1.90. The van der Waals surface area contributed by atoms with Crippen LogP contribution in [0.3, 0.4) is 0 Å². The molecule has 0 saturated heterocycles. The minimum Gasteiger partial charge on any atom is -0.287 e. The van der Waals surface area contributed by atoms with Gasteiger partial charge in [-0.05, 0) is 12.1 Å². The van der Waals surface area contributed by atoms with Gasteiger partial charge in [0.05, 0.1) is 5.56 Å². The second-order valence-corrected chi connectivity index (χ2v) is 2.21. The van der Waals surface area contributed by atoms with E-state index in [1.54, 1.807) is 12.1 Å². The number of pyridine rings is 1. The van der Waals surface area contributed by atoms with Crippen LogP contribution in [-0.4, -0.2) is 10.8 Å². The molecule has 1 aromatic heterocycles. The van der Waals surface area contributed by atoms with E-state index in [0.29, 0.717) is 10.7 Å². The summed E-state index contributed by atoms with van der Waals surface area (Å²) in [7, 11) is 0. The molecule has 0 aromatic carbocycles. The fourth-order valence-corrected chi connectivity index (χ4v) is 0.658. The van der Waals surface area contributed by atoms with Crippen molar-refractivity contribution in [2.24, 2.45) is 5.73 Å². The molecular formula is C6H7ClN3+. The van der Waals surface area contributed by atoms with Crippen molar-refractivity contribution in [3.8, 4) is 0 Å². The second kappa shape index (κ2) is 2.66. The summed E-state index contributed by atoms with van der Waals surface area (Å²) < 4.78 is 0. The van der Waals surface area contributed by atoms with Crippen LogP contribution in [0, 0.1) is 0 Å². The van der Waals surface area contributed by atoms with Crippen LogP contribution in [0.4, 0.5) is 0 Å². The van der Waals surface area contributed by atoms with Gasteiger partial charge in [0.2, 0.25) is 0 Å². The van der Waals surface area contributed by atoms with E-state index in [-0.39, 0.29) is 5.84 Å². The molecule has 0 amide bonds. The molecule has 0 aliphatic heterocycles. The number of aromatic nitrogens is 1. The van der Waals surface area contributed by atoms with Gasteiger partial charge >= 0.3 is 0 Å². The van der Waals surface area contributed by atoms with Crippen molar-refractivity contribution in [3.05, 3.63) is 29.0 Å². The van der Waals surface area contributed by atoms with Gasteiger partial charge < -0.3 is 0 Å². The van der Waals surface area contributed by atoms with Gasteiger partial charge in [0, 0.05) is 6.20 Å². The lowest BCUT2D eigenvalue weighted by Crippen LogP contribution is -2.46. The zero-order chi connectivity index (χ0) is 7.56. The van der Waals surface area contributed by atoms with Crippen molar-refractivity contribution in [2.45, 2.75) is 0 Å². The molecule has 10 heavy (non-hydrogen) atoms. The summed E-state index contributed by atoms with van der Waals surface area (Å²) in [5, 5.41) is 5.71. The van der Waals surface area contributed by atoms with Crippen molar-refractivity contribution >= 4 is 17.4 Å². The van der Waals surface area contributed by atoms with Gasteiger partial charge in [-0.15, -0.1) is 0 Å². The zero-order valence-electron chi connectivity index (χ0n) is 5.21. The molecule has 1 aromatic rings. The van der Waals surface area contributed by atoms with Crippen LogP contribution in [0.2, 0.25) is 5.15 Å². The maximum Gasteiger partial charge on any atom is 0.272 e. The number of hydrogen-bond donors (Lipinski definition) is 2. The minimum absolute atomic E-state index is 0.254. The molecule has 0 unspecified atom stereocenters. The van der Waals surface area contributed by atoms with Crippen LogP contribution in [0.25, 0.3) is 0 Å². The van der Waals surface area contributed by atoms with E-state index in [1.165, 1.54) is 6.20 Å². The Hall–Kier alpha value is -1.09. The van der Waals surface area contributed by atoms with Gasteiger partial charge in [0.25, 0.3) is 5.84 Å². The summed E-state index contributed by atoms with van der Waals surface area (Å²) in [5.41, 5.74) is 5.97. The highest BCUT2D eigenvalue weighted by molar-refractivity contribution is 6.29. The summed E-state index contributed by atoms with van der Waals surface area (Å²) in [6.45, 7) is 0. The first-order valence-electron chi connectivity index (χ1n) is 2.70. The Labute approximate surface area is 63.3 Å². The molecule has 4 heteroatoms. The first kappa shape index (κ1) is 7.02. The van der Waals surface area contributed by atoms with Crippen LogP contribution < -0.4 is 11.1 Å². The minimum atomic E-state index is 0.254. The van der Waals surface area contributed by atoms with Crippen LogP contribution in [0.15, 0.2) is 18.3 Å². The summed E-state index contributed by atoms with van der Waals surface area (Å²) in [6, 6.07) is 3.35. The Balaban J connectivity index is 3.00. The Kier molecular flexibility index (Phi) is 1.87. The third-order valence-corrected chi connectivity index (χ3v) is 1.28. The number of rotatable bonds is 1. The standard InChI is InChI=1S/C6H6ClN3/c7-5-2-1-4(3-10-5)6(8)9/h1-3H,(H3,8,9)/p+1. The van der Waals surface area contributed by atoms with E-state index in [0.717, 1.165) is 0 Å². The molecule has 0 bridgehead atoms. The van der Waals surface area contributed by atoms with E-state index in [2.05, 4.69) is 4.98 Å². The van der Waals surface area contributed by atoms with Crippen LogP contribution in [0.5, 0.6) is 0 Å². The smallest absolute Gasteiger partial charge is 0.272 e. The predicted molar refractivity (Wildman–Crippen MR) is 39.5 cm³/mol. The van der Waals surface area contributed by atoms with E-state index in [9.17, 15) is 0 Å². The summed E-state index contributed by atoms with van der Waals surface area (Å²) in [6.07, 6.45) is 1.53. The molecule has 0 fully saturated rings. The summed E-state index contributed by atoms with van der Waals surface area (Å²) in [5.74, 6) is 0.254. The molecule has 52 valence electrons. The number of nitrogens with zero attached hydrogens (tertiary/aromatic N) is 1. The van der Waals surface area contributed by atoms with E-state index in [4.69, 9.17) is 22.7 Å². The zero-order valence-corrected chi connectivity index (χ0v) is 5.97. The molecular weight excluding hydrogens is 150 g/mol. The normalized spacial score (nSPS) is 9.30.